The molecule has 0 heterocycles. The first-order valence-electron chi connectivity index (χ1n) is 11.2. The number of carbonyl (C=O) groups excluding carboxylic acids is 2. The van der Waals surface area contributed by atoms with Crippen LogP contribution in [0.25, 0.3) is 0 Å². The fourth-order valence-corrected chi connectivity index (χ4v) is 3.21. The standard InChI is InChI=1S/C27H31N3O3/c1-20(2)18-26(31)29-23-8-10-24(11-9-23)30-27(32)19-28-22-12-14-25(15-13-22)33-17-16-21-6-4-3-5-7-21/h3-15,20,28H,16-19H2,1-2H3,(H,29,31)(H,30,32). The van der Waals surface area contributed by atoms with Crippen LogP contribution in [0.15, 0.2) is 78.9 Å². The lowest BCUT2D eigenvalue weighted by Gasteiger charge is -2.11. The number of hydrogen-bond acceptors (Lipinski definition) is 4. The molecule has 0 aliphatic heterocycles. The van der Waals surface area contributed by atoms with Crippen molar-refractivity contribution in [3.63, 3.8) is 0 Å². The lowest BCUT2D eigenvalue weighted by Crippen LogP contribution is -2.21. The van der Waals surface area contributed by atoms with Crippen molar-refractivity contribution in [1.29, 1.82) is 0 Å². The van der Waals surface area contributed by atoms with E-state index in [4.69, 9.17) is 4.74 Å². The second-order valence-corrected chi connectivity index (χ2v) is 8.23. The van der Waals surface area contributed by atoms with Crippen LogP contribution < -0.4 is 20.7 Å². The Hall–Kier alpha value is -3.80. The van der Waals surface area contributed by atoms with Gasteiger partial charge < -0.3 is 20.7 Å². The molecule has 3 aromatic carbocycles. The van der Waals surface area contributed by atoms with Crippen LogP contribution in [0.3, 0.4) is 0 Å². The molecule has 0 aliphatic rings. The zero-order valence-corrected chi connectivity index (χ0v) is 19.1. The van der Waals surface area contributed by atoms with Gasteiger partial charge in [0.05, 0.1) is 13.2 Å². The number of amides is 2. The predicted octanol–water partition coefficient (Wildman–Crippen LogP) is 5.34. The van der Waals surface area contributed by atoms with Gasteiger partial charge in [0.15, 0.2) is 0 Å². The van der Waals surface area contributed by atoms with E-state index in [2.05, 4.69) is 28.1 Å². The first kappa shape index (κ1) is 23.9. The van der Waals surface area contributed by atoms with E-state index in [1.165, 1.54) is 5.56 Å². The third-order valence-electron chi connectivity index (χ3n) is 4.86. The summed E-state index contributed by atoms with van der Waals surface area (Å²) in [5, 5.41) is 8.80. The minimum atomic E-state index is -0.158. The van der Waals surface area contributed by atoms with Crippen molar-refractivity contribution < 1.29 is 14.3 Å². The maximum atomic E-state index is 12.2. The Bertz CT molecular complexity index is 1020. The molecule has 0 spiro atoms. The van der Waals surface area contributed by atoms with E-state index in [9.17, 15) is 9.59 Å². The molecule has 0 saturated carbocycles. The molecular weight excluding hydrogens is 414 g/mol. The zero-order valence-electron chi connectivity index (χ0n) is 19.1. The van der Waals surface area contributed by atoms with Crippen molar-refractivity contribution in [2.45, 2.75) is 26.7 Å². The molecule has 0 fully saturated rings. The zero-order chi connectivity index (χ0) is 23.5. The number of benzene rings is 3. The molecule has 33 heavy (non-hydrogen) atoms. The summed E-state index contributed by atoms with van der Waals surface area (Å²) in [6.07, 6.45) is 1.33. The molecule has 0 unspecified atom stereocenters. The fraction of sp³-hybridized carbons (Fsp3) is 0.259. The van der Waals surface area contributed by atoms with Gasteiger partial charge in [-0.25, -0.2) is 0 Å². The van der Waals surface area contributed by atoms with Gasteiger partial charge in [0, 0.05) is 29.9 Å². The van der Waals surface area contributed by atoms with Gasteiger partial charge in [0.2, 0.25) is 11.8 Å². The van der Waals surface area contributed by atoms with Crippen molar-refractivity contribution in [2.75, 3.05) is 29.1 Å². The van der Waals surface area contributed by atoms with Gasteiger partial charge in [-0.2, -0.15) is 0 Å². The third-order valence-corrected chi connectivity index (χ3v) is 4.86. The molecule has 0 atom stereocenters. The van der Waals surface area contributed by atoms with Crippen LogP contribution in [-0.2, 0) is 16.0 Å². The van der Waals surface area contributed by atoms with Crippen molar-refractivity contribution in [3.05, 3.63) is 84.4 Å². The topological polar surface area (TPSA) is 79.5 Å². The Morgan fingerprint density at radius 1 is 0.758 bits per heavy atom. The van der Waals surface area contributed by atoms with E-state index in [0.29, 0.717) is 30.3 Å². The van der Waals surface area contributed by atoms with Gasteiger partial charge in [-0.1, -0.05) is 44.2 Å². The molecular formula is C27H31N3O3. The number of anilines is 3. The number of ether oxygens (including phenoxy) is 1. The summed E-state index contributed by atoms with van der Waals surface area (Å²) in [5.41, 5.74) is 3.46. The molecule has 3 aromatic rings. The fourth-order valence-electron chi connectivity index (χ4n) is 3.21. The number of nitrogens with one attached hydrogen (secondary N) is 3. The Labute approximate surface area is 195 Å². The van der Waals surface area contributed by atoms with Gasteiger partial charge in [-0.3, -0.25) is 9.59 Å². The summed E-state index contributed by atoms with van der Waals surface area (Å²) in [6, 6.07) is 24.9. The Morgan fingerprint density at radius 2 is 1.33 bits per heavy atom. The highest BCUT2D eigenvalue weighted by molar-refractivity contribution is 5.94. The number of carbonyl (C=O) groups is 2. The molecule has 6 heteroatoms. The molecule has 3 rings (SSSR count). The van der Waals surface area contributed by atoms with Crippen molar-refractivity contribution in [1.82, 2.24) is 0 Å². The van der Waals surface area contributed by atoms with E-state index in [0.717, 1.165) is 17.9 Å². The molecule has 0 aliphatic carbocycles. The van der Waals surface area contributed by atoms with Crippen LogP contribution >= 0.6 is 0 Å². The monoisotopic (exact) mass is 445 g/mol. The highest BCUT2D eigenvalue weighted by atomic mass is 16.5. The highest BCUT2D eigenvalue weighted by Crippen LogP contribution is 2.17. The van der Waals surface area contributed by atoms with Gasteiger partial charge in [-0.05, 0) is 60.0 Å². The normalized spacial score (nSPS) is 10.5. The van der Waals surface area contributed by atoms with Gasteiger partial charge in [0.25, 0.3) is 0 Å². The quantitative estimate of drug-likeness (QED) is 0.372. The van der Waals surface area contributed by atoms with Gasteiger partial charge in [-0.15, -0.1) is 0 Å². The minimum absolute atomic E-state index is 0.0152. The molecule has 0 radical (unpaired) electrons. The number of hydrogen-bond donors (Lipinski definition) is 3. The third kappa shape index (κ3) is 8.69. The van der Waals surface area contributed by atoms with E-state index >= 15 is 0 Å². The number of rotatable bonds is 11. The lowest BCUT2D eigenvalue weighted by molar-refractivity contribution is -0.117. The first-order chi connectivity index (χ1) is 16.0. The summed E-state index contributed by atoms with van der Waals surface area (Å²) in [6.45, 7) is 4.75. The SMILES string of the molecule is CC(C)CC(=O)Nc1ccc(NC(=O)CNc2ccc(OCCc3ccccc3)cc2)cc1. The van der Waals surface area contributed by atoms with Crippen LogP contribution in [0.5, 0.6) is 5.75 Å². The summed E-state index contributed by atoms with van der Waals surface area (Å²) >= 11 is 0. The molecule has 2 amide bonds. The largest absolute Gasteiger partial charge is 0.493 e. The molecule has 6 nitrogen and oxygen atoms in total. The van der Waals surface area contributed by atoms with Crippen molar-refractivity contribution in [3.8, 4) is 5.75 Å². The maximum absolute atomic E-state index is 12.2. The van der Waals surface area contributed by atoms with Crippen LogP contribution in [0.2, 0.25) is 0 Å². The smallest absolute Gasteiger partial charge is 0.243 e. The Kier molecular flexibility index (Phi) is 8.88. The van der Waals surface area contributed by atoms with Crippen LogP contribution in [0, 0.1) is 5.92 Å². The Morgan fingerprint density at radius 3 is 1.94 bits per heavy atom. The minimum Gasteiger partial charge on any atom is -0.493 e. The summed E-state index contributed by atoms with van der Waals surface area (Å²) in [5.74, 6) is 0.925. The highest BCUT2D eigenvalue weighted by Gasteiger charge is 2.06. The summed E-state index contributed by atoms with van der Waals surface area (Å²) in [7, 11) is 0. The van der Waals surface area contributed by atoms with Crippen LogP contribution in [0.4, 0.5) is 17.1 Å². The molecule has 172 valence electrons. The molecule has 0 saturated heterocycles. The van der Waals surface area contributed by atoms with Crippen LogP contribution in [-0.4, -0.2) is 25.0 Å². The predicted molar refractivity (Wildman–Crippen MR) is 134 cm³/mol. The maximum Gasteiger partial charge on any atom is 0.243 e. The summed E-state index contributed by atoms with van der Waals surface area (Å²) in [4.78, 5) is 24.1. The lowest BCUT2D eigenvalue weighted by atomic mass is 10.1. The van der Waals surface area contributed by atoms with Crippen molar-refractivity contribution in [2.24, 2.45) is 5.92 Å². The Balaban J connectivity index is 1.38. The van der Waals surface area contributed by atoms with Crippen molar-refractivity contribution >= 4 is 28.9 Å². The second-order valence-electron chi connectivity index (χ2n) is 8.23. The van der Waals surface area contributed by atoms with Crippen LogP contribution in [0.1, 0.15) is 25.8 Å². The van der Waals surface area contributed by atoms with E-state index in [1.807, 2.05) is 56.3 Å². The van der Waals surface area contributed by atoms with Gasteiger partial charge >= 0.3 is 0 Å². The average Bonchev–Trinajstić information content (AvgIpc) is 2.80. The second kappa shape index (κ2) is 12.3. The van der Waals surface area contributed by atoms with E-state index in [-0.39, 0.29) is 18.4 Å². The molecule has 0 bridgehead atoms. The molecule has 0 aromatic heterocycles. The molecule has 3 N–H and O–H groups in total. The average molecular weight is 446 g/mol. The summed E-state index contributed by atoms with van der Waals surface area (Å²) < 4.78 is 5.79. The first-order valence-corrected chi connectivity index (χ1v) is 11.2. The van der Waals surface area contributed by atoms with E-state index in [1.54, 1.807) is 24.3 Å². The van der Waals surface area contributed by atoms with Gasteiger partial charge in [0.1, 0.15) is 5.75 Å². The van der Waals surface area contributed by atoms with E-state index < -0.39 is 0 Å².